The largest absolute Gasteiger partial charge is 0.465 e. The van der Waals surface area contributed by atoms with Crippen molar-refractivity contribution in [3.05, 3.63) is 21.3 Å². The summed E-state index contributed by atoms with van der Waals surface area (Å²) in [4.78, 5) is 23.0. The zero-order chi connectivity index (χ0) is 12.6. The molecule has 2 N–H and O–H groups in total. The van der Waals surface area contributed by atoms with Gasteiger partial charge in [0.05, 0.1) is 24.0 Å². The van der Waals surface area contributed by atoms with Crippen LogP contribution in [0.3, 0.4) is 0 Å². The number of hydrogen-bond acceptors (Lipinski definition) is 4. The molecule has 0 radical (unpaired) electrons. The second-order valence-corrected chi connectivity index (χ2v) is 4.89. The summed E-state index contributed by atoms with van der Waals surface area (Å²) in [6.45, 7) is 1.78. The lowest BCUT2D eigenvalue weighted by Crippen LogP contribution is -2.36. The van der Waals surface area contributed by atoms with E-state index in [9.17, 15) is 9.59 Å². The highest BCUT2D eigenvalue weighted by atomic mass is 127. The summed E-state index contributed by atoms with van der Waals surface area (Å²) in [7, 11) is 1.33. The summed E-state index contributed by atoms with van der Waals surface area (Å²) in [6, 6.07) is 3.17. The van der Waals surface area contributed by atoms with E-state index in [0.717, 1.165) is 9.26 Å². The van der Waals surface area contributed by atoms with Gasteiger partial charge in [-0.25, -0.2) is 4.79 Å². The number of carbonyl (C=O) groups is 2. The van der Waals surface area contributed by atoms with Gasteiger partial charge in [0.25, 0.3) is 0 Å². The molecule has 0 bridgehead atoms. The number of carbonyl (C=O) groups excluding carboxylic acids is 2. The molecule has 1 heterocycles. The van der Waals surface area contributed by atoms with Crippen LogP contribution < -0.4 is 10.6 Å². The number of methoxy groups -OCH3 is 1. The SMILES string of the molecule is COC(=O)c1cc2c(cc1I)NC(C)C(=O)N2. The Balaban J connectivity index is 2.46. The fourth-order valence-electron chi connectivity index (χ4n) is 1.60. The number of fused-ring (bicyclic) bond motifs is 1. The van der Waals surface area contributed by atoms with Gasteiger partial charge in [-0.2, -0.15) is 0 Å². The molecule has 0 spiro atoms. The first-order chi connectivity index (χ1) is 8.02. The van der Waals surface area contributed by atoms with Crippen molar-refractivity contribution in [1.29, 1.82) is 0 Å². The second kappa shape index (κ2) is 4.52. The summed E-state index contributed by atoms with van der Waals surface area (Å²) >= 11 is 2.06. The smallest absolute Gasteiger partial charge is 0.339 e. The maximum atomic E-state index is 11.5. The Morgan fingerprint density at radius 2 is 2.12 bits per heavy atom. The monoisotopic (exact) mass is 346 g/mol. The Morgan fingerprint density at radius 3 is 2.76 bits per heavy atom. The Kier molecular flexibility index (Phi) is 3.23. The average Bonchev–Trinajstić information content (AvgIpc) is 2.30. The van der Waals surface area contributed by atoms with Crippen LogP contribution in [-0.2, 0) is 9.53 Å². The molecule has 2 rings (SSSR count). The third kappa shape index (κ3) is 2.21. The molecular formula is C11H11IN2O3. The number of benzene rings is 1. The van der Waals surface area contributed by atoms with Crippen LogP contribution in [0.1, 0.15) is 17.3 Å². The van der Waals surface area contributed by atoms with Crippen LogP contribution in [0.4, 0.5) is 11.4 Å². The second-order valence-electron chi connectivity index (χ2n) is 3.72. The lowest BCUT2D eigenvalue weighted by Gasteiger charge is -2.25. The first-order valence-corrected chi connectivity index (χ1v) is 6.10. The predicted molar refractivity (Wildman–Crippen MR) is 72.2 cm³/mol. The highest BCUT2D eigenvalue weighted by molar-refractivity contribution is 14.1. The van der Waals surface area contributed by atoms with Gasteiger partial charge in [0.15, 0.2) is 0 Å². The molecule has 0 aromatic heterocycles. The van der Waals surface area contributed by atoms with E-state index in [1.165, 1.54) is 7.11 Å². The molecule has 6 heteroatoms. The number of anilines is 2. The Hall–Kier alpha value is -1.31. The third-order valence-corrected chi connectivity index (χ3v) is 3.43. The van der Waals surface area contributed by atoms with Crippen LogP contribution in [0.25, 0.3) is 0 Å². The van der Waals surface area contributed by atoms with Gasteiger partial charge in [0.1, 0.15) is 6.04 Å². The first kappa shape index (κ1) is 12.2. The minimum atomic E-state index is -0.412. The number of nitrogens with one attached hydrogen (secondary N) is 2. The molecule has 0 aliphatic carbocycles. The van der Waals surface area contributed by atoms with Gasteiger partial charge in [-0.05, 0) is 41.6 Å². The van der Waals surface area contributed by atoms with Gasteiger partial charge in [-0.15, -0.1) is 0 Å². The summed E-state index contributed by atoms with van der Waals surface area (Å²) in [6.07, 6.45) is 0. The molecule has 1 aromatic carbocycles. The van der Waals surface area contributed by atoms with Crippen molar-refractivity contribution in [2.45, 2.75) is 13.0 Å². The van der Waals surface area contributed by atoms with Crippen molar-refractivity contribution >= 4 is 45.8 Å². The molecule has 1 aliphatic rings. The molecule has 1 aromatic rings. The van der Waals surface area contributed by atoms with Crippen LogP contribution in [0, 0.1) is 3.57 Å². The van der Waals surface area contributed by atoms with Gasteiger partial charge in [0.2, 0.25) is 5.91 Å². The van der Waals surface area contributed by atoms with E-state index >= 15 is 0 Å². The Morgan fingerprint density at radius 1 is 1.41 bits per heavy atom. The van der Waals surface area contributed by atoms with E-state index in [0.29, 0.717) is 11.3 Å². The normalized spacial score (nSPS) is 17.8. The molecule has 0 saturated carbocycles. The molecule has 17 heavy (non-hydrogen) atoms. The quantitative estimate of drug-likeness (QED) is 0.602. The molecule has 0 fully saturated rings. The molecule has 90 valence electrons. The third-order valence-electron chi connectivity index (χ3n) is 2.54. The molecule has 1 atom stereocenters. The van der Waals surface area contributed by atoms with Gasteiger partial charge in [-0.1, -0.05) is 0 Å². The molecule has 0 saturated heterocycles. The number of rotatable bonds is 1. The standard InChI is InChI=1S/C11H11IN2O3/c1-5-10(15)14-8-3-6(11(16)17-2)7(12)4-9(8)13-5/h3-5,13H,1-2H3,(H,14,15). The predicted octanol–water partition coefficient (Wildman–Crippen LogP) is 1.83. The summed E-state index contributed by atoms with van der Waals surface area (Å²) in [5.74, 6) is -0.528. The molecule has 1 aliphatic heterocycles. The van der Waals surface area contributed by atoms with Gasteiger partial charge in [-0.3, -0.25) is 4.79 Å². The van der Waals surface area contributed by atoms with E-state index in [-0.39, 0.29) is 11.9 Å². The van der Waals surface area contributed by atoms with Crippen molar-refractivity contribution in [2.75, 3.05) is 17.7 Å². The number of amides is 1. The van der Waals surface area contributed by atoms with Crippen LogP contribution in [0.5, 0.6) is 0 Å². The number of esters is 1. The first-order valence-electron chi connectivity index (χ1n) is 5.02. The maximum Gasteiger partial charge on any atom is 0.339 e. The van der Waals surface area contributed by atoms with Crippen molar-refractivity contribution in [3.63, 3.8) is 0 Å². The van der Waals surface area contributed by atoms with E-state index in [2.05, 4.69) is 38.0 Å². The zero-order valence-corrected chi connectivity index (χ0v) is 11.5. The van der Waals surface area contributed by atoms with Crippen LogP contribution in [0.15, 0.2) is 12.1 Å². The molecule has 5 nitrogen and oxygen atoms in total. The lowest BCUT2D eigenvalue weighted by atomic mass is 10.1. The van der Waals surface area contributed by atoms with Gasteiger partial charge < -0.3 is 15.4 Å². The van der Waals surface area contributed by atoms with Crippen molar-refractivity contribution in [1.82, 2.24) is 0 Å². The minimum Gasteiger partial charge on any atom is -0.465 e. The van der Waals surface area contributed by atoms with Crippen molar-refractivity contribution < 1.29 is 14.3 Å². The molecule has 1 unspecified atom stereocenters. The van der Waals surface area contributed by atoms with E-state index in [1.807, 2.05) is 6.07 Å². The fraction of sp³-hybridized carbons (Fsp3) is 0.273. The molecule has 1 amide bonds. The maximum absolute atomic E-state index is 11.5. The van der Waals surface area contributed by atoms with Crippen LogP contribution in [-0.4, -0.2) is 25.0 Å². The van der Waals surface area contributed by atoms with Gasteiger partial charge in [0, 0.05) is 3.57 Å². The van der Waals surface area contributed by atoms with Crippen LogP contribution >= 0.6 is 22.6 Å². The highest BCUT2D eigenvalue weighted by Gasteiger charge is 2.23. The van der Waals surface area contributed by atoms with Crippen LogP contribution in [0.2, 0.25) is 0 Å². The summed E-state index contributed by atoms with van der Waals surface area (Å²) in [5.41, 5.74) is 1.87. The average molecular weight is 346 g/mol. The highest BCUT2D eigenvalue weighted by Crippen LogP contribution is 2.31. The van der Waals surface area contributed by atoms with Gasteiger partial charge >= 0.3 is 5.97 Å². The zero-order valence-electron chi connectivity index (χ0n) is 9.33. The number of halogens is 1. The topological polar surface area (TPSA) is 67.4 Å². The number of hydrogen-bond donors (Lipinski definition) is 2. The van der Waals surface area contributed by atoms with E-state index < -0.39 is 5.97 Å². The fourth-order valence-corrected chi connectivity index (χ4v) is 2.29. The Bertz CT molecular complexity index is 502. The Labute approximate surface area is 112 Å². The lowest BCUT2D eigenvalue weighted by molar-refractivity contribution is -0.116. The van der Waals surface area contributed by atoms with Crippen molar-refractivity contribution in [2.24, 2.45) is 0 Å². The summed E-state index contributed by atoms with van der Waals surface area (Å²) in [5, 5.41) is 5.81. The van der Waals surface area contributed by atoms with Crippen molar-refractivity contribution in [3.8, 4) is 0 Å². The molecular weight excluding hydrogens is 335 g/mol. The number of ether oxygens (including phenoxy) is 1. The minimum absolute atomic E-state index is 0.116. The summed E-state index contributed by atoms with van der Waals surface area (Å²) < 4.78 is 5.46. The van der Waals surface area contributed by atoms with E-state index in [1.54, 1.807) is 13.0 Å². The van der Waals surface area contributed by atoms with E-state index in [4.69, 9.17) is 0 Å².